The van der Waals surface area contributed by atoms with Gasteiger partial charge >= 0.3 is 0 Å². The van der Waals surface area contributed by atoms with Gasteiger partial charge in [0.05, 0.1) is 12.2 Å². The highest BCUT2D eigenvalue weighted by molar-refractivity contribution is 5.20. The molecule has 0 aliphatic carbocycles. The zero-order chi connectivity index (χ0) is 13.7. The standard InChI is InChI=1S/C16H23N3/c1-4-15(17-5-2)14-8-10-19(11-14)12-16-13(3)7-6-9-18-16/h6-11,15,17H,4-5,12H2,1-3H3. The van der Waals surface area contributed by atoms with Crippen LogP contribution >= 0.6 is 0 Å². The minimum absolute atomic E-state index is 0.455. The van der Waals surface area contributed by atoms with Gasteiger partial charge < -0.3 is 9.88 Å². The van der Waals surface area contributed by atoms with Crippen LogP contribution in [0.4, 0.5) is 0 Å². The van der Waals surface area contributed by atoms with E-state index in [4.69, 9.17) is 0 Å². The predicted octanol–water partition coefficient (Wildman–Crippen LogP) is 3.30. The van der Waals surface area contributed by atoms with Crippen LogP contribution in [-0.2, 0) is 6.54 Å². The fourth-order valence-corrected chi connectivity index (χ4v) is 2.36. The Labute approximate surface area is 115 Å². The molecular formula is C16H23N3. The van der Waals surface area contributed by atoms with E-state index in [0.29, 0.717) is 6.04 Å². The molecule has 2 aromatic rings. The van der Waals surface area contributed by atoms with Gasteiger partial charge in [-0.15, -0.1) is 0 Å². The summed E-state index contributed by atoms with van der Waals surface area (Å²) in [5, 5.41) is 3.51. The molecule has 0 amide bonds. The molecule has 0 saturated heterocycles. The third kappa shape index (κ3) is 3.44. The molecular weight excluding hydrogens is 234 g/mol. The Balaban J connectivity index is 2.11. The second-order valence-electron chi connectivity index (χ2n) is 4.90. The number of pyridine rings is 1. The lowest BCUT2D eigenvalue weighted by Crippen LogP contribution is -2.19. The van der Waals surface area contributed by atoms with E-state index in [0.717, 1.165) is 25.2 Å². The Morgan fingerprint density at radius 1 is 1.32 bits per heavy atom. The van der Waals surface area contributed by atoms with Crippen molar-refractivity contribution < 1.29 is 0 Å². The summed E-state index contributed by atoms with van der Waals surface area (Å²) in [5.41, 5.74) is 3.75. The molecule has 102 valence electrons. The van der Waals surface area contributed by atoms with Gasteiger partial charge in [-0.1, -0.05) is 19.9 Å². The van der Waals surface area contributed by atoms with E-state index in [1.807, 2.05) is 12.3 Å². The van der Waals surface area contributed by atoms with Gasteiger partial charge in [-0.25, -0.2) is 0 Å². The van der Waals surface area contributed by atoms with E-state index in [-0.39, 0.29) is 0 Å². The number of rotatable bonds is 6. The van der Waals surface area contributed by atoms with Crippen LogP contribution in [0, 0.1) is 6.92 Å². The molecule has 2 aromatic heterocycles. The summed E-state index contributed by atoms with van der Waals surface area (Å²) in [5.74, 6) is 0. The van der Waals surface area contributed by atoms with Crippen molar-refractivity contribution in [2.24, 2.45) is 0 Å². The fraction of sp³-hybridized carbons (Fsp3) is 0.438. The molecule has 1 unspecified atom stereocenters. The number of hydrogen-bond donors (Lipinski definition) is 1. The van der Waals surface area contributed by atoms with Crippen LogP contribution in [0.25, 0.3) is 0 Å². The van der Waals surface area contributed by atoms with Crippen molar-refractivity contribution >= 4 is 0 Å². The minimum Gasteiger partial charge on any atom is -0.348 e. The fourth-order valence-electron chi connectivity index (χ4n) is 2.36. The predicted molar refractivity (Wildman–Crippen MR) is 79.2 cm³/mol. The highest BCUT2D eigenvalue weighted by atomic mass is 15.0. The van der Waals surface area contributed by atoms with Crippen LogP contribution in [0.1, 0.15) is 43.1 Å². The first-order chi connectivity index (χ1) is 9.24. The van der Waals surface area contributed by atoms with Crippen molar-refractivity contribution in [3.63, 3.8) is 0 Å². The van der Waals surface area contributed by atoms with E-state index in [1.54, 1.807) is 0 Å². The molecule has 1 atom stereocenters. The Bertz CT molecular complexity index is 516. The van der Waals surface area contributed by atoms with Crippen molar-refractivity contribution in [2.75, 3.05) is 6.54 Å². The summed E-state index contributed by atoms with van der Waals surface area (Å²) >= 11 is 0. The first-order valence-electron chi connectivity index (χ1n) is 7.04. The van der Waals surface area contributed by atoms with Gasteiger partial charge in [0.1, 0.15) is 0 Å². The maximum atomic E-state index is 4.45. The molecule has 3 heteroatoms. The SMILES string of the molecule is CCNC(CC)c1ccn(Cc2ncccc2C)c1. The zero-order valence-corrected chi connectivity index (χ0v) is 12.1. The molecule has 0 aliphatic heterocycles. The topological polar surface area (TPSA) is 29.9 Å². The van der Waals surface area contributed by atoms with Crippen LogP contribution in [-0.4, -0.2) is 16.1 Å². The molecule has 2 rings (SSSR count). The Morgan fingerprint density at radius 2 is 2.16 bits per heavy atom. The van der Waals surface area contributed by atoms with Crippen LogP contribution in [0.2, 0.25) is 0 Å². The lowest BCUT2D eigenvalue weighted by Gasteiger charge is -2.14. The molecule has 0 aliphatic rings. The maximum Gasteiger partial charge on any atom is 0.0645 e. The van der Waals surface area contributed by atoms with Crippen LogP contribution < -0.4 is 5.32 Å². The number of nitrogens with zero attached hydrogens (tertiary/aromatic N) is 2. The summed E-state index contributed by atoms with van der Waals surface area (Å²) < 4.78 is 2.21. The van der Waals surface area contributed by atoms with E-state index in [1.165, 1.54) is 11.1 Å². The van der Waals surface area contributed by atoms with Gasteiger partial charge in [0.15, 0.2) is 0 Å². The van der Waals surface area contributed by atoms with E-state index in [2.05, 4.69) is 60.2 Å². The lowest BCUT2D eigenvalue weighted by atomic mass is 10.1. The molecule has 0 aromatic carbocycles. The first kappa shape index (κ1) is 13.8. The van der Waals surface area contributed by atoms with E-state index in [9.17, 15) is 0 Å². The van der Waals surface area contributed by atoms with Crippen molar-refractivity contribution in [1.29, 1.82) is 0 Å². The maximum absolute atomic E-state index is 4.45. The quantitative estimate of drug-likeness (QED) is 0.860. The average Bonchev–Trinajstić information content (AvgIpc) is 2.87. The smallest absolute Gasteiger partial charge is 0.0645 e. The molecule has 1 N–H and O–H groups in total. The summed E-state index contributed by atoms with van der Waals surface area (Å²) in [7, 11) is 0. The van der Waals surface area contributed by atoms with Crippen LogP contribution in [0.3, 0.4) is 0 Å². The molecule has 2 heterocycles. The first-order valence-corrected chi connectivity index (χ1v) is 7.04. The van der Waals surface area contributed by atoms with Crippen molar-refractivity contribution in [3.8, 4) is 0 Å². The minimum atomic E-state index is 0.455. The highest BCUT2D eigenvalue weighted by Gasteiger charge is 2.09. The molecule has 0 spiro atoms. The summed E-state index contributed by atoms with van der Waals surface area (Å²) in [4.78, 5) is 4.45. The molecule has 0 fully saturated rings. The Morgan fingerprint density at radius 3 is 2.84 bits per heavy atom. The second-order valence-corrected chi connectivity index (χ2v) is 4.90. The van der Waals surface area contributed by atoms with Crippen molar-refractivity contribution in [3.05, 3.63) is 53.6 Å². The lowest BCUT2D eigenvalue weighted by molar-refractivity contribution is 0.536. The van der Waals surface area contributed by atoms with Crippen molar-refractivity contribution in [2.45, 2.75) is 39.8 Å². The van der Waals surface area contributed by atoms with E-state index >= 15 is 0 Å². The molecule has 0 saturated carbocycles. The third-order valence-electron chi connectivity index (χ3n) is 3.48. The highest BCUT2D eigenvalue weighted by Crippen LogP contribution is 2.17. The van der Waals surface area contributed by atoms with Crippen LogP contribution in [0.15, 0.2) is 36.8 Å². The monoisotopic (exact) mass is 257 g/mol. The Hall–Kier alpha value is -1.61. The summed E-state index contributed by atoms with van der Waals surface area (Å²) in [6.07, 6.45) is 7.34. The largest absolute Gasteiger partial charge is 0.348 e. The normalized spacial score (nSPS) is 12.6. The van der Waals surface area contributed by atoms with Gasteiger partial charge in [0, 0.05) is 24.6 Å². The number of hydrogen-bond acceptors (Lipinski definition) is 2. The van der Waals surface area contributed by atoms with Gasteiger partial charge in [-0.2, -0.15) is 0 Å². The third-order valence-corrected chi connectivity index (χ3v) is 3.48. The number of aryl methyl sites for hydroxylation is 1. The zero-order valence-electron chi connectivity index (χ0n) is 12.1. The summed E-state index contributed by atoms with van der Waals surface area (Å²) in [6.45, 7) is 8.32. The van der Waals surface area contributed by atoms with Gasteiger partial charge in [0.25, 0.3) is 0 Å². The molecule has 3 nitrogen and oxygen atoms in total. The van der Waals surface area contributed by atoms with Crippen molar-refractivity contribution in [1.82, 2.24) is 14.9 Å². The number of aromatic nitrogens is 2. The number of nitrogens with one attached hydrogen (secondary N) is 1. The van der Waals surface area contributed by atoms with Crippen LogP contribution in [0.5, 0.6) is 0 Å². The molecule has 19 heavy (non-hydrogen) atoms. The van der Waals surface area contributed by atoms with E-state index < -0.39 is 0 Å². The van der Waals surface area contributed by atoms with Gasteiger partial charge in [0.2, 0.25) is 0 Å². The summed E-state index contributed by atoms with van der Waals surface area (Å²) in [6, 6.07) is 6.75. The second kappa shape index (κ2) is 6.53. The average molecular weight is 257 g/mol. The van der Waals surface area contributed by atoms with Gasteiger partial charge in [-0.3, -0.25) is 4.98 Å². The van der Waals surface area contributed by atoms with Gasteiger partial charge in [-0.05, 0) is 43.1 Å². The molecule has 0 radical (unpaired) electrons. The molecule has 0 bridgehead atoms. The Kier molecular flexibility index (Phi) is 4.74.